The molecule has 1 aromatic heterocycles. The summed E-state index contributed by atoms with van der Waals surface area (Å²) in [7, 11) is 1.60. The topological polar surface area (TPSA) is 67.8 Å². The summed E-state index contributed by atoms with van der Waals surface area (Å²) >= 11 is 0. The first-order valence-corrected chi connectivity index (χ1v) is 8.74. The van der Waals surface area contributed by atoms with Gasteiger partial charge in [-0.05, 0) is 36.8 Å². The van der Waals surface area contributed by atoms with Gasteiger partial charge >= 0.3 is 6.18 Å². The fourth-order valence-corrected chi connectivity index (χ4v) is 2.28. The highest BCUT2D eigenvalue weighted by Crippen LogP contribution is 2.34. The van der Waals surface area contributed by atoms with Gasteiger partial charge < -0.3 is 20.1 Å². The van der Waals surface area contributed by atoms with Gasteiger partial charge in [0.25, 0.3) is 0 Å². The lowest BCUT2D eigenvalue weighted by Crippen LogP contribution is -2.39. The molecule has 0 unspecified atom stereocenters. The summed E-state index contributed by atoms with van der Waals surface area (Å²) in [6.07, 6.45) is -3.25. The molecule has 2 N–H and O–H groups in total. The third-order valence-electron chi connectivity index (χ3n) is 3.63. The number of pyridine rings is 1. The summed E-state index contributed by atoms with van der Waals surface area (Å²) in [5, 5.41) is 6.09. The Balaban J connectivity index is 0.00000420. The van der Waals surface area contributed by atoms with E-state index in [9.17, 15) is 13.2 Å². The summed E-state index contributed by atoms with van der Waals surface area (Å²) in [6.45, 7) is 3.28. The van der Waals surface area contributed by atoms with E-state index < -0.39 is 17.6 Å². The molecule has 0 aliphatic heterocycles. The zero-order chi connectivity index (χ0) is 20.4. The molecule has 0 saturated heterocycles. The highest BCUT2D eigenvalue weighted by molar-refractivity contribution is 14.0. The molecule has 0 saturated carbocycles. The number of ether oxygens (including phenoxy) is 2. The van der Waals surface area contributed by atoms with Crippen LogP contribution in [0.4, 0.5) is 13.2 Å². The monoisotopic (exact) mass is 524 g/mol. The first-order valence-electron chi connectivity index (χ1n) is 8.74. The van der Waals surface area contributed by atoms with Crippen LogP contribution in [0.5, 0.6) is 11.6 Å². The molecule has 0 amide bonds. The normalized spacial score (nSPS) is 11.4. The van der Waals surface area contributed by atoms with Crippen molar-refractivity contribution >= 4 is 29.9 Å². The van der Waals surface area contributed by atoms with Crippen molar-refractivity contribution in [3.05, 3.63) is 53.7 Å². The molecule has 29 heavy (non-hydrogen) atoms. The number of guanidine groups is 1. The second-order valence-corrected chi connectivity index (χ2v) is 5.67. The molecule has 1 heterocycles. The van der Waals surface area contributed by atoms with E-state index in [1.54, 1.807) is 7.11 Å². The van der Waals surface area contributed by atoms with Crippen molar-refractivity contribution in [2.45, 2.75) is 19.6 Å². The summed E-state index contributed by atoms with van der Waals surface area (Å²) in [5.74, 6) is 0.874. The number of rotatable bonds is 8. The molecule has 0 spiro atoms. The Labute approximate surface area is 184 Å². The zero-order valence-corrected chi connectivity index (χ0v) is 18.5. The van der Waals surface area contributed by atoms with Crippen molar-refractivity contribution in [2.75, 3.05) is 26.8 Å². The van der Waals surface area contributed by atoms with Crippen molar-refractivity contribution in [3.63, 3.8) is 0 Å². The Morgan fingerprint density at radius 1 is 1.14 bits per heavy atom. The predicted octanol–water partition coefficient (Wildman–Crippen LogP) is 3.86. The van der Waals surface area contributed by atoms with Gasteiger partial charge in [-0.2, -0.15) is 13.2 Å². The van der Waals surface area contributed by atoms with Crippen molar-refractivity contribution < 1.29 is 22.6 Å². The minimum absolute atomic E-state index is 0. The fraction of sp³-hybridized carbons (Fsp3) is 0.368. The Bertz CT molecular complexity index is 771. The van der Waals surface area contributed by atoms with Crippen LogP contribution in [0.25, 0.3) is 0 Å². The number of benzene rings is 1. The van der Waals surface area contributed by atoms with Crippen LogP contribution < -0.4 is 20.1 Å². The zero-order valence-electron chi connectivity index (χ0n) is 16.1. The van der Waals surface area contributed by atoms with Crippen LogP contribution in [0.2, 0.25) is 0 Å². The Kier molecular flexibility index (Phi) is 10.6. The highest BCUT2D eigenvalue weighted by Gasteiger charge is 2.34. The van der Waals surface area contributed by atoms with E-state index in [1.807, 2.05) is 31.2 Å². The number of hydrogen-bond acceptors (Lipinski definition) is 4. The molecule has 0 atom stereocenters. The van der Waals surface area contributed by atoms with E-state index in [0.717, 1.165) is 17.4 Å². The summed E-state index contributed by atoms with van der Waals surface area (Å²) in [5.41, 5.74) is 0.104. The molecular formula is C19H24F3IN4O2. The van der Waals surface area contributed by atoms with E-state index in [0.29, 0.717) is 19.0 Å². The van der Waals surface area contributed by atoms with Crippen LogP contribution >= 0.6 is 24.0 Å². The fourth-order valence-electron chi connectivity index (χ4n) is 2.28. The van der Waals surface area contributed by atoms with Crippen LogP contribution in [0.3, 0.4) is 0 Å². The van der Waals surface area contributed by atoms with Crippen LogP contribution in [0.15, 0.2) is 47.6 Å². The molecule has 6 nitrogen and oxygen atoms in total. The molecular weight excluding hydrogens is 500 g/mol. The van der Waals surface area contributed by atoms with Gasteiger partial charge in [-0.1, -0.05) is 12.1 Å². The van der Waals surface area contributed by atoms with Gasteiger partial charge in [0.05, 0.1) is 20.2 Å². The summed E-state index contributed by atoms with van der Waals surface area (Å²) in [6, 6.07) is 9.69. The largest absolute Gasteiger partial charge is 0.497 e. The molecule has 1 aromatic carbocycles. The Morgan fingerprint density at radius 2 is 1.86 bits per heavy atom. The Hall–Kier alpha value is -2.24. The number of alkyl halides is 3. The number of methoxy groups -OCH3 is 1. The number of hydrogen-bond donors (Lipinski definition) is 2. The van der Waals surface area contributed by atoms with E-state index in [2.05, 4.69) is 20.6 Å². The molecule has 160 valence electrons. The lowest BCUT2D eigenvalue weighted by Gasteiger charge is -2.14. The molecule has 0 aliphatic carbocycles. The minimum atomic E-state index is -4.51. The second-order valence-electron chi connectivity index (χ2n) is 5.67. The second kappa shape index (κ2) is 12.3. The van der Waals surface area contributed by atoms with Crippen LogP contribution in [0, 0.1) is 0 Å². The van der Waals surface area contributed by atoms with Gasteiger partial charge in [0.1, 0.15) is 17.9 Å². The quantitative estimate of drug-likeness (QED) is 0.238. The van der Waals surface area contributed by atoms with E-state index in [4.69, 9.17) is 9.47 Å². The van der Waals surface area contributed by atoms with Gasteiger partial charge in [0.15, 0.2) is 5.96 Å². The van der Waals surface area contributed by atoms with E-state index in [-0.39, 0.29) is 37.1 Å². The van der Waals surface area contributed by atoms with Crippen molar-refractivity contribution in [2.24, 2.45) is 4.99 Å². The SMILES string of the molecule is CCNC(=NCc1ccc(OC)cc1)NCCOc1ncccc1C(F)(F)F.I. The summed E-state index contributed by atoms with van der Waals surface area (Å²) < 4.78 is 49.1. The average Bonchev–Trinajstić information content (AvgIpc) is 2.69. The van der Waals surface area contributed by atoms with E-state index in [1.165, 1.54) is 12.3 Å². The van der Waals surface area contributed by atoms with Gasteiger partial charge in [0, 0.05) is 12.7 Å². The number of aliphatic imine (C=N–C) groups is 1. The first kappa shape index (κ1) is 24.8. The molecule has 0 bridgehead atoms. The van der Waals surface area contributed by atoms with Gasteiger partial charge in [0.2, 0.25) is 5.88 Å². The van der Waals surface area contributed by atoms with Crippen molar-refractivity contribution in [1.82, 2.24) is 15.6 Å². The maximum Gasteiger partial charge on any atom is 0.421 e. The predicted molar refractivity (Wildman–Crippen MR) is 116 cm³/mol. The molecule has 0 fully saturated rings. The molecule has 2 rings (SSSR count). The molecule has 0 aliphatic rings. The number of halogens is 4. The maximum atomic E-state index is 12.9. The Morgan fingerprint density at radius 3 is 2.48 bits per heavy atom. The first-order chi connectivity index (χ1) is 13.4. The third-order valence-corrected chi connectivity index (χ3v) is 3.63. The third kappa shape index (κ3) is 8.34. The number of nitrogens with zero attached hydrogens (tertiary/aromatic N) is 2. The minimum Gasteiger partial charge on any atom is -0.497 e. The molecule has 0 radical (unpaired) electrons. The average molecular weight is 524 g/mol. The number of aromatic nitrogens is 1. The van der Waals surface area contributed by atoms with Crippen LogP contribution in [-0.2, 0) is 12.7 Å². The van der Waals surface area contributed by atoms with E-state index >= 15 is 0 Å². The van der Waals surface area contributed by atoms with Crippen molar-refractivity contribution in [1.29, 1.82) is 0 Å². The maximum absolute atomic E-state index is 12.9. The standard InChI is InChI=1S/C19H23F3N4O2.HI/c1-3-23-18(26-13-14-6-8-15(27-2)9-7-14)25-11-12-28-17-16(19(20,21)22)5-4-10-24-17;/h4-10H,3,11-13H2,1-2H3,(H2,23,25,26);1H. The highest BCUT2D eigenvalue weighted by atomic mass is 127. The van der Waals surface area contributed by atoms with Crippen LogP contribution in [0.1, 0.15) is 18.1 Å². The molecule has 10 heteroatoms. The lowest BCUT2D eigenvalue weighted by atomic mass is 10.2. The van der Waals surface area contributed by atoms with Gasteiger partial charge in [-0.15, -0.1) is 24.0 Å². The van der Waals surface area contributed by atoms with Crippen molar-refractivity contribution in [3.8, 4) is 11.6 Å². The van der Waals surface area contributed by atoms with Gasteiger partial charge in [-0.3, -0.25) is 0 Å². The summed E-state index contributed by atoms with van der Waals surface area (Å²) in [4.78, 5) is 8.11. The van der Waals surface area contributed by atoms with Crippen LogP contribution in [-0.4, -0.2) is 37.7 Å². The molecule has 2 aromatic rings. The van der Waals surface area contributed by atoms with Gasteiger partial charge in [-0.25, -0.2) is 9.98 Å². The lowest BCUT2D eigenvalue weighted by molar-refractivity contribution is -0.139. The number of nitrogens with one attached hydrogen (secondary N) is 2. The smallest absolute Gasteiger partial charge is 0.421 e.